The molecule has 1 heteroatoms. The van der Waals surface area contributed by atoms with Gasteiger partial charge >= 0.3 is 0 Å². The van der Waals surface area contributed by atoms with Gasteiger partial charge in [-0.3, -0.25) is 0 Å². The van der Waals surface area contributed by atoms with Gasteiger partial charge in [0.15, 0.2) is 0 Å². The number of rotatable bonds is 1. The molecule has 0 atom stereocenters. The molecule has 17 heavy (non-hydrogen) atoms. The van der Waals surface area contributed by atoms with E-state index in [9.17, 15) is 0 Å². The van der Waals surface area contributed by atoms with Gasteiger partial charge in [-0.05, 0) is 50.1 Å². The lowest BCUT2D eigenvalue weighted by Gasteiger charge is -2.04. The Balaban J connectivity index is 2.58. The number of aryl methyl sites for hydroxylation is 3. The predicted molar refractivity (Wildman–Crippen MR) is 74.6 cm³/mol. The smallest absolute Gasteiger partial charge is 0.0494 e. The molecule has 0 radical (unpaired) electrons. The number of para-hydroxylation sites is 1. The first-order valence-electron chi connectivity index (χ1n) is 6.20. The molecule has 86 valence electrons. The van der Waals surface area contributed by atoms with Gasteiger partial charge in [0.25, 0.3) is 0 Å². The summed E-state index contributed by atoms with van der Waals surface area (Å²) in [5.41, 5.74) is 5.44. The zero-order valence-electron chi connectivity index (χ0n) is 10.6. The van der Waals surface area contributed by atoms with Crippen LogP contribution in [0.15, 0.2) is 36.4 Å². The fraction of sp³-hybridized carbons (Fsp3) is 0.250. The van der Waals surface area contributed by atoms with Gasteiger partial charge in [0.1, 0.15) is 0 Å². The van der Waals surface area contributed by atoms with E-state index >= 15 is 0 Å². The molecule has 0 aliphatic rings. The van der Waals surface area contributed by atoms with Crippen molar-refractivity contribution in [2.24, 2.45) is 0 Å². The lowest BCUT2D eigenvalue weighted by Crippen LogP contribution is -1.93. The molecule has 3 rings (SSSR count). The number of hydrogen-bond donors (Lipinski definition) is 0. The standard InChI is InChI=1S/C16H17N/c1-4-17-15-8-6-5-7-13(15)14-9-11(2)12(3)10-16(14)17/h5-10H,4H2,1-3H3. The van der Waals surface area contributed by atoms with Crippen molar-refractivity contribution in [3.8, 4) is 0 Å². The molecule has 0 N–H and O–H groups in total. The van der Waals surface area contributed by atoms with Crippen LogP contribution < -0.4 is 0 Å². The number of hydrogen-bond acceptors (Lipinski definition) is 0. The van der Waals surface area contributed by atoms with Gasteiger partial charge in [0.2, 0.25) is 0 Å². The molecule has 0 bridgehead atoms. The summed E-state index contributed by atoms with van der Waals surface area (Å²) in [6, 6.07) is 13.3. The second-order valence-electron chi connectivity index (χ2n) is 4.72. The molecule has 0 unspecified atom stereocenters. The van der Waals surface area contributed by atoms with Crippen molar-refractivity contribution in [2.75, 3.05) is 0 Å². The van der Waals surface area contributed by atoms with E-state index in [0.29, 0.717) is 0 Å². The van der Waals surface area contributed by atoms with Crippen molar-refractivity contribution in [1.29, 1.82) is 0 Å². The minimum Gasteiger partial charge on any atom is -0.341 e. The van der Waals surface area contributed by atoms with Crippen LogP contribution in [-0.4, -0.2) is 4.57 Å². The third-order valence-corrected chi connectivity index (χ3v) is 3.70. The first-order valence-corrected chi connectivity index (χ1v) is 6.20. The van der Waals surface area contributed by atoms with Crippen LogP contribution in [0, 0.1) is 13.8 Å². The van der Waals surface area contributed by atoms with Crippen LogP contribution in [0.4, 0.5) is 0 Å². The molecule has 0 saturated carbocycles. The first kappa shape index (κ1) is 10.4. The summed E-state index contributed by atoms with van der Waals surface area (Å²) in [6.45, 7) is 7.60. The Labute approximate surface area is 102 Å². The number of nitrogens with zero attached hydrogens (tertiary/aromatic N) is 1. The number of aromatic nitrogens is 1. The molecule has 0 amide bonds. The van der Waals surface area contributed by atoms with Gasteiger partial charge in [-0.25, -0.2) is 0 Å². The van der Waals surface area contributed by atoms with Crippen LogP contribution in [-0.2, 0) is 6.54 Å². The minimum atomic E-state index is 1.02. The number of fused-ring (bicyclic) bond motifs is 3. The second-order valence-corrected chi connectivity index (χ2v) is 4.72. The fourth-order valence-electron chi connectivity index (χ4n) is 2.65. The predicted octanol–water partition coefficient (Wildman–Crippen LogP) is 4.43. The van der Waals surface area contributed by atoms with E-state index in [-0.39, 0.29) is 0 Å². The summed E-state index contributed by atoms with van der Waals surface area (Å²) in [6.07, 6.45) is 0. The van der Waals surface area contributed by atoms with E-state index in [2.05, 4.69) is 61.7 Å². The van der Waals surface area contributed by atoms with E-state index in [1.165, 1.54) is 32.9 Å². The van der Waals surface area contributed by atoms with Gasteiger partial charge in [-0.1, -0.05) is 18.2 Å². The monoisotopic (exact) mass is 223 g/mol. The Morgan fingerprint density at radius 3 is 2.35 bits per heavy atom. The first-order chi connectivity index (χ1) is 8.22. The SMILES string of the molecule is CCn1c2ccccc2c2cc(C)c(C)cc21. The van der Waals surface area contributed by atoms with Gasteiger partial charge in [0, 0.05) is 28.4 Å². The average Bonchev–Trinajstić information content (AvgIpc) is 2.63. The molecular formula is C16H17N. The van der Waals surface area contributed by atoms with Gasteiger partial charge in [0.05, 0.1) is 0 Å². The van der Waals surface area contributed by atoms with E-state index in [4.69, 9.17) is 0 Å². The molecule has 1 aromatic heterocycles. The summed E-state index contributed by atoms with van der Waals surface area (Å²) in [7, 11) is 0. The summed E-state index contributed by atoms with van der Waals surface area (Å²) >= 11 is 0. The van der Waals surface area contributed by atoms with E-state index in [1.807, 2.05) is 0 Å². The highest BCUT2D eigenvalue weighted by Gasteiger charge is 2.09. The maximum absolute atomic E-state index is 2.40. The molecule has 1 heterocycles. The van der Waals surface area contributed by atoms with Gasteiger partial charge < -0.3 is 4.57 Å². The van der Waals surface area contributed by atoms with Crippen molar-refractivity contribution >= 4 is 21.8 Å². The number of benzene rings is 2. The molecule has 2 aromatic carbocycles. The molecule has 3 aromatic rings. The highest BCUT2D eigenvalue weighted by atomic mass is 15.0. The largest absolute Gasteiger partial charge is 0.341 e. The molecular weight excluding hydrogens is 206 g/mol. The summed E-state index contributed by atoms with van der Waals surface area (Å²) in [4.78, 5) is 0. The third kappa shape index (κ3) is 1.39. The maximum Gasteiger partial charge on any atom is 0.0494 e. The molecule has 0 aliphatic heterocycles. The van der Waals surface area contributed by atoms with Crippen LogP contribution in [0.2, 0.25) is 0 Å². The zero-order valence-corrected chi connectivity index (χ0v) is 10.6. The Bertz CT molecular complexity index is 704. The van der Waals surface area contributed by atoms with Crippen LogP contribution in [0.3, 0.4) is 0 Å². The second kappa shape index (κ2) is 3.63. The van der Waals surface area contributed by atoms with Crippen LogP contribution in [0.1, 0.15) is 18.1 Å². The summed E-state index contributed by atoms with van der Waals surface area (Å²) < 4.78 is 2.40. The van der Waals surface area contributed by atoms with Crippen molar-refractivity contribution in [2.45, 2.75) is 27.3 Å². The van der Waals surface area contributed by atoms with E-state index in [1.54, 1.807) is 0 Å². The van der Waals surface area contributed by atoms with Crippen molar-refractivity contribution in [3.05, 3.63) is 47.5 Å². The lowest BCUT2D eigenvalue weighted by atomic mass is 10.1. The van der Waals surface area contributed by atoms with Gasteiger partial charge in [-0.15, -0.1) is 0 Å². The molecule has 0 spiro atoms. The fourth-order valence-corrected chi connectivity index (χ4v) is 2.65. The molecule has 0 saturated heterocycles. The average molecular weight is 223 g/mol. The molecule has 0 fully saturated rings. The van der Waals surface area contributed by atoms with Gasteiger partial charge in [-0.2, -0.15) is 0 Å². The highest BCUT2D eigenvalue weighted by Crippen LogP contribution is 2.30. The maximum atomic E-state index is 2.40. The molecule has 1 nitrogen and oxygen atoms in total. The van der Waals surface area contributed by atoms with E-state index < -0.39 is 0 Å². The lowest BCUT2D eigenvalue weighted by molar-refractivity contribution is 0.826. The van der Waals surface area contributed by atoms with Crippen molar-refractivity contribution < 1.29 is 0 Å². The van der Waals surface area contributed by atoms with E-state index in [0.717, 1.165) is 6.54 Å². The minimum absolute atomic E-state index is 1.02. The quantitative estimate of drug-likeness (QED) is 0.575. The van der Waals surface area contributed by atoms with Crippen LogP contribution in [0.5, 0.6) is 0 Å². The Morgan fingerprint density at radius 1 is 0.882 bits per heavy atom. The Kier molecular flexibility index (Phi) is 2.22. The van der Waals surface area contributed by atoms with Crippen molar-refractivity contribution in [1.82, 2.24) is 4.57 Å². The third-order valence-electron chi connectivity index (χ3n) is 3.70. The van der Waals surface area contributed by atoms with Crippen molar-refractivity contribution in [3.63, 3.8) is 0 Å². The zero-order chi connectivity index (χ0) is 12.0. The topological polar surface area (TPSA) is 4.93 Å². The van der Waals surface area contributed by atoms with Crippen LogP contribution >= 0.6 is 0 Å². The Hall–Kier alpha value is -1.76. The Morgan fingerprint density at radius 2 is 1.59 bits per heavy atom. The summed E-state index contributed by atoms with van der Waals surface area (Å²) in [5, 5.41) is 2.75. The summed E-state index contributed by atoms with van der Waals surface area (Å²) in [5.74, 6) is 0. The molecule has 0 aliphatic carbocycles. The highest BCUT2D eigenvalue weighted by molar-refractivity contribution is 6.08. The normalized spacial score (nSPS) is 11.5. The van der Waals surface area contributed by atoms with Crippen LogP contribution in [0.25, 0.3) is 21.8 Å².